The van der Waals surface area contributed by atoms with E-state index in [0.717, 1.165) is 11.4 Å². The maximum absolute atomic E-state index is 12.0. The standard InChI is InChI=1S/C12H20N4O3S/c1-3-9-14-15-10(20-9)13-11(17)16(2)8-12(18)4-6-19-7-5-12/h18H,3-8H2,1-2H3,(H,13,15,17). The average molecular weight is 300 g/mol. The molecule has 0 bridgehead atoms. The van der Waals surface area contributed by atoms with Crippen molar-refractivity contribution in [2.24, 2.45) is 0 Å². The Morgan fingerprint density at radius 3 is 2.80 bits per heavy atom. The van der Waals surface area contributed by atoms with E-state index in [9.17, 15) is 9.90 Å². The van der Waals surface area contributed by atoms with Gasteiger partial charge < -0.3 is 14.7 Å². The van der Waals surface area contributed by atoms with Crippen molar-refractivity contribution in [3.05, 3.63) is 5.01 Å². The number of aryl methyl sites for hydroxylation is 1. The van der Waals surface area contributed by atoms with Crippen LogP contribution in [-0.4, -0.2) is 58.6 Å². The number of carbonyl (C=O) groups excluding carboxylic acids is 1. The van der Waals surface area contributed by atoms with Gasteiger partial charge in [0.15, 0.2) is 0 Å². The van der Waals surface area contributed by atoms with Crippen LogP contribution in [0, 0.1) is 0 Å². The van der Waals surface area contributed by atoms with Gasteiger partial charge in [0.05, 0.1) is 12.1 Å². The van der Waals surface area contributed by atoms with Gasteiger partial charge in [0, 0.05) is 33.1 Å². The summed E-state index contributed by atoms with van der Waals surface area (Å²) in [5.74, 6) is 0. The number of carbonyl (C=O) groups is 1. The summed E-state index contributed by atoms with van der Waals surface area (Å²) in [7, 11) is 1.66. The second-order valence-corrected chi connectivity index (χ2v) is 6.04. The first kappa shape index (κ1) is 15.1. The highest BCUT2D eigenvalue weighted by Crippen LogP contribution is 2.22. The molecule has 20 heavy (non-hydrogen) atoms. The van der Waals surface area contributed by atoms with Gasteiger partial charge in [0.25, 0.3) is 0 Å². The van der Waals surface area contributed by atoms with E-state index in [1.54, 1.807) is 7.05 Å². The number of urea groups is 1. The van der Waals surface area contributed by atoms with Crippen LogP contribution in [0.4, 0.5) is 9.93 Å². The summed E-state index contributed by atoms with van der Waals surface area (Å²) in [4.78, 5) is 13.5. The number of amides is 2. The van der Waals surface area contributed by atoms with Crippen LogP contribution >= 0.6 is 11.3 Å². The first-order chi connectivity index (χ1) is 9.52. The highest BCUT2D eigenvalue weighted by atomic mass is 32.1. The van der Waals surface area contributed by atoms with E-state index in [1.807, 2.05) is 6.92 Å². The van der Waals surface area contributed by atoms with Gasteiger partial charge in [-0.2, -0.15) is 0 Å². The van der Waals surface area contributed by atoms with Crippen LogP contribution in [0.25, 0.3) is 0 Å². The van der Waals surface area contributed by atoms with Crippen molar-refractivity contribution in [1.29, 1.82) is 0 Å². The van der Waals surface area contributed by atoms with E-state index in [4.69, 9.17) is 4.74 Å². The Morgan fingerprint density at radius 2 is 2.20 bits per heavy atom. The Balaban J connectivity index is 1.88. The van der Waals surface area contributed by atoms with Crippen molar-refractivity contribution >= 4 is 22.5 Å². The molecular weight excluding hydrogens is 280 g/mol. The summed E-state index contributed by atoms with van der Waals surface area (Å²) in [6.07, 6.45) is 1.88. The molecule has 1 aliphatic heterocycles. The Bertz CT molecular complexity index is 459. The molecule has 0 aliphatic carbocycles. The van der Waals surface area contributed by atoms with Gasteiger partial charge >= 0.3 is 6.03 Å². The lowest BCUT2D eigenvalue weighted by Crippen LogP contribution is -2.48. The maximum atomic E-state index is 12.0. The number of hydrogen-bond acceptors (Lipinski definition) is 6. The lowest BCUT2D eigenvalue weighted by atomic mass is 9.94. The van der Waals surface area contributed by atoms with Gasteiger partial charge in [-0.25, -0.2) is 4.79 Å². The minimum atomic E-state index is -0.861. The summed E-state index contributed by atoms with van der Waals surface area (Å²) >= 11 is 1.36. The van der Waals surface area contributed by atoms with Crippen LogP contribution in [0.5, 0.6) is 0 Å². The first-order valence-electron chi connectivity index (χ1n) is 6.67. The molecule has 112 valence electrons. The Kier molecular flexibility index (Phi) is 4.90. The van der Waals surface area contributed by atoms with Crippen molar-refractivity contribution < 1.29 is 14.6 Å². The molecule has 0 aromatic carbocycles. The normalized spacial score (nSPS) is 17.8. The molecule has 7 nitrogen and oxygen atoms in total. The zero-order valence-corrected chi connectivity index (χ0v) is 12.6. The molecule has 1 aromatic rings. The van der Waals surface area contributed by atoms with E-state index in [-0.39, 0.29) is 12.6 Å². The lowest BCUT2D eigenvalue weighted by molar-refractivity contribution is -0.0717. The molecule has 0 unspecified atom stereocenters. The number of likely N-dealkylation sites (N-methyl/N-ethyl adjacent to an activating group) is 1. The average Bonchev–Trinajstić information content (AvgIpc) is 2.86. The minimum Gasteiger partial charge on any atom is -0.388 e. The molecule has 1 saturated heterocycles. The molecule has 1 aromatic heterocycles. The van der Waals surface area contributed by atoms with E-state index >= 15 is 0 Å². The number of rotatable bonds is 4. The molecule has 2 N–H and O–H groups in total. The van der Waals surface area contributed by atoms with Crippen molar-refractivity contribution in [3.8, 4) is 0 Å². The predicted molar refractivity (Wildman–Crippen MR) is 75.9 cm³/mol. The fourth-order valence-electron chi connectivity index (χ4n) is 2.06. The smallest absolute Gasteiger partial charge is 0.323 e. The van der Waals surface area contributed by atoms with Crippen LogP contribution in [-0.2, 0) is 11.2 Å². The van der Waals surface area contributed by atoms with Crippen molar-refractivity contribution in [2.45, 2.75) is 31.8 Å². The van der Waals surface area contributed by atoms with Crippen LogP contribution < -0.4 is 5.32 Å². The second kappa shape index (κ2) is 6.47. The summed E-state index contributed by atoms with van der Waals surface area (Å²) in [5, 5.41) is 22.3. The molecule has 0 atom stereocenters. The van der Waals surface area contributed by atoms with Crippen molar-refractivity contribution in [2.75, 3.05) is 32.1 Å². The molecule has 0 saturated carbocycles. The quantitative estimate of drug-likeness (QED) is 0.869. The molecule has 2 amide bonds. The van der Waals surface area contributed by atoms with Gasteiger partial charge in [-0.3, -0.25) is 5.32 Å². The van der Waals surface area contributed by atoms with Crippen LogP contribution in [0.1, 0.15) is 24.8 Å². The van der Waals surface area contributed by atoms with Crippen molar-refractivity contribution in [1.82, 2.24) is 15.1 Å². The molecular formula is C12H20N4O3S. The third kappa shape index (κ3) is 3.87. The second-order valence-electron chi connectivity index (χ2n) is 4.98. The Hall–Kier alpha value is -1.25. The number of nitrogens with zero attached hydrogens (tertiary/aromatic N) is 3. The summed E-state index contributed by atoms with van der Waals surface area (Å²) in [6.45, 7) is 3.32. The molecule has 2 heterocycles. The van der Waals surface area contributed by atoms with E-state index in [2.05, 4.69) is 15.5 Å². The Labute approximate surface area is 122 Å². The highest BCUT2D eigenvalue weighted by molar-refractivity contribution is 7.15. The molecule has 1 aliphatic rings. The van der Waals surface area contributed by atoms with Gasteiger partial charge in [0.1, 0.15) is 5.01 Å². The lowest BCUT2D eigenvalue weighted by Gasteiger charge is -2.35. The SMILES string of the molecule is CCc1nnc(NC(=O)N(C)CC2(O)CCOCC2)s1. The van der Waals surface area contributed by atoms with Crippen LogP contribution in [0.15, 0.2) is 0 Å². The number of hydrogen-bond donors (Lipinski definition) is 2. The molecule has 2 rings (SSSR count). The predicted octanol–water partition coefficient (Wildman–Crippen LogP) is 1.11. The molecule has 0 spiro atoms. The van der Waals surface area contributed by atoms with E-state index in [1.165, 1.54) is 16.2 Å². The minimum absolute atomic E-state index is 0.279. The number of aromatic nitrogens is 2. The van der Waals surface area contributed by atoms with Gasteiger partial charge in [-0.05, 0) is 6.42 Å². The Morgan fingerprint density at radius 1 is 1.50 bits per heavy atom. The summed E-state index contributed by atoms with van der Waals surface area (Å²) in [6, 6.07) is -0.288. The fraction of sp³-hybridized carbons (Fsp3) is 0.750. The zero-order chi connectivity index (χ0) is 14.6. The first-order valence-corrected chi connectivity index (χ1v) is 7.49. The zero-order valence-electron chi connectivity index (χ0n) is 11.8. The summed E-state index contributed by atoms with van der Waals surface area (Å²) in [5.41, 5.74) is -0.861. The fourth-order valence-corrected chi connectivity index (χ4v) is 2.73. The van der Waals surface area contributed by atoms with Crippen LogP contribution in [0.3, 0.4) is 0 Å². The van der Waals surface area contributed by atoms with Gasteiger partial charge in [-0.15, -0.1) is 10.2 Å². The molecule has 8 heteroatoms. The summed E-state index contributed by atoms with van der Waals surface area (Å²) < 4.78 is 5.22. The maximum Gasteiger partial charge on any atom is 0.323 e. The molecule has 0 radical (unpaired) electrons. The largest absolute Gasteiger partial charge is 0.388 e. The third-order valence-electron chi connectivity index (χ3n) is 3.28. The highest BCUT2D eigenvalue weighted by Gasteiger charge is 2.32. The van der Waals surface area contributed by atoms with Crippen molar-refractivity contribution in [3.63, 3.8) is 0 Å². The third-order valence-corrected chi connectivity index (χ3v) is 4.27. The number of ether oxygens (including phenoxy) is 1. The molecule has 1 fully saturated rings. The number of aliphatic hydroxyl groups is 1. The van der Waals surface area contributed by atoms with Crippen LogP contribution in [0.2, 0.25) is 0 Å². The van der Waals surface area contributed by atoms with Gasteiger partial charge in [-0.1, -0.05) is 18.3 Å². The number of nitrogens with one attached hydrogen (secondary N) is 1. The topological polar surface area (TPSA) is 87.6 Å². The van der Waals surface area contributed by atoms with E-state index < -0.39 is 5.60 Å². The van der Waals surface area contributed by atoms with E-state index in [0.29, 0.717) is 31.2 Å². The van der Waals surface area contributed by atoms with Gasteiger partial charge in [0.2, 0.25) is 5.13 Å². The monoisotopic (exact) mass is 300 g/mol. The number of anilines is 1.